The van der Waals surface area contributed by atoms with Crippen LogP contribution in [-0.2, 0) is 5.75 Å². The predicted molar refractivity (Wildman–Crippen MR) is 102 cm³/mol. The maximum atomic E-state index is 4.18. The van der Waals surface area contributed by atoms with Gasteiger partial charge in [-0.05, 0) is 18.9 Å². The Hall–Kier alpha value is -0.430. The Balaban J connectivity index is 0.00000361. The van der Waals surface area contributed by atoms with Crippen LogP contribution in [0.2, 0.25) is 0 Å². The van der Waals surface area contributed by atoms with E-state index < -0.39 is 0 Å². The zero-order valence-electron chi connectivity index (χ0n) is 12.6. The highest BCUT2D eigenvalue weighted by molar-refractivity contribution is 14.0. The molecular weight excluding hydrogens is 381 g/mol. The molecule has 0 aliphatic heterocycles. The van der Waals surface area contributed by atoms with E-state index >= 15 is 0 Å². The van der Waals surface area contributed by atoms with Crippen molar-refractivity contribution in [1.29, 1.82) is 0 Å². The van der Waals surface area contributed by atoms with Crippen LogP contribution in [0.4, 0.5) is 0 Å². The van der Waals surface area contributed by atoms with Crippen molar-refractivity contribution >= 4 is 41.7 Å². The first-order valence-electron chi connectivity index (χ1n) is 6.84. The van der Waals surface area contributed by atoms with Gasteiger partial charge < -0.3 is 10.6 Å². The van der Waals surface area contributed by atoms with Crippen molar-refractivity contribution in [3.8, 4) is 0 Å². The quantitative estimate of drug-likeness (QED) is 0.315. The van der Waals surface area contributed by atoms with Crippen molar-refractivity contribution in [2.24, 2.45) is 4.99 Å². The van der Waals surface area contributed by atoms with Crippen molar-refractivity contribution in [3.63, 3.8) is 0 Å². The molecule has 0 aromatic heterocycles. The summed E-state index contributed by atoms with van der Waals surface area (Å²) >= 11 is 1.94. The minimum atomic E-state index is 0. The smallest absolute Gasteiger partial charge is 0.191 e. The van der Waals surface area contributed by atoms with Crippen LogP contribution in [0, 0.1) is 6.92 Å². The molecule has 1 aromatic rings. The lowest BCUT2D eigenvalue weighted by atomic mass is 10.2. The zero-order valence-corrected chi connectivity index (χ0v) is 15.8. The Labute approximate surface area is 144 Å². The highest BCUT2D eigenvalue weighted by atomic mass is 127. The van der Waals surface area contributed by atoms with Gasteiger partial charge in [0.25, 0.3) is 0 Å². The number of hydrogen-bond donors (Lipinski definition) is 2. The van der Waals surface area contributed by atoms with E-state index in [2.05, 4.69) is 53.7 Å². The number of rotatable bonds is 7. The summed E-state index contributed by atoms with van der Waals surface area (Å²) in [6.45, 7) is 6.18. The number of nitrogens with zero attached hydrogens (tertiary/aromatic N) is 1. The van der Waals surface area contributed by atoms with Gasteiger partial charge in [0.1, 0.15) is 0 Å². The SMILES string of the molecule is CCCNC(=NC)NCCSCc1ccc(C)cc1.I. The number of aliphatic imine (C=N–C) groups is 1. The van der Waals surface area contributed by atoms with Gasteiger partial charge >= 0.3 is 0 Å². The summed E-state index contributed by atoms with van der Waals surface area (Å²) in [6.07, 6.45) is 1.11. The molecule has 0 bridgehead atoms. The molecule has 0 aliphatic carbocycles. The molecule has 114 valence electrons. The number of guanidine groups is 1. The third kappa shape index (κ3) is 8.68. The second-order valence-corrected chi connectivity index (χ2v) is 5.57. The van der Waals surface area contributed by atoms with Gasteiger partial charge in [0, 0.05) is 31.6 Å². The number of thioether (sulfide) groups is 1. The number of hydrogen-bond acceptors (Lipinski definition) is 2. The van der Waals surface area contributed by atoms with Crippen LogP contribution in [0.3, 0.4) is 0 Å². The van der Waals surface area contributed by atoms with Gasteiger partial charge in [0.05, 0.1) is 0 Å². The largest absolute Gasteiger partial charge is 0.356 e. The van der Waals surface area contributed by atoms with Gasteiger partial charge in [0.15, 0.2) is 5.96 Å². The molecule has 0 heterocycles. The number of halogens is 1. The molecule has 0 unspecified atom stereocenters. The molecule has 0 atom stereocenters. The van der Waals surface area contributed by atoms with Crippen LogP contribution in [0.1, 0.15) is 24.5 Å². The van der Waals surface area contributed by atoms with E-state index in [1.54, 1.807) is 0 Å². The molecule has 0 aliphatic rings. The summed E-state index contributed by atoms with van der Waals surface area (Å²) in [7, 11) is 1.81. The van der Waals surface area contributed by atoms with Gasteiger partial charge in [-0.25, -0.2) is 0 Å². The van der Waals surface area contributed by atoms with Gasteiger partial charge in [0.2, 0.25) is 0 Å². The van der Waals surface area contributed by atoms with Gasteiger partial charge in [-0.15, -0.1) is 24.0 Å². The lowest BCUT2D eigenvalue weighted by Gasteiger charge is -2.10. The number of aryl methyl sites for hydroxylation is 1. The molecule has 0 fully saturated rings. The zero-order chi connectivity index (χ0) is 13.9. The first kappa shape index (κ1) is 19.6. The van der Waals surface area contributed by atoms with E-state index in [9.17, 15) is 0 Å². The average molecular weight is 407 g/mol. The molecule has 1 aromatic carbocycles. The van der Waals surface area contributed by atoms with Gasteiger partial charge in [-0.2, -0.15) is 11.8 Å². The maximum absolute atomic E-state index is 4.18. The van der Waals surface area contributed by atoms with E-state index in [-0.39, 0.29) is 24.0 Å². The van der Waals surface area contributed by atoms with Crippen LogP contribution in [0.5, 0.6) is 0 Å². The second-order valence-electron chi connectivity index (χ2n) is 4.46. The summed E-state index contributed by atoms with van der Waals surface area (Å²) in [5, 5.41) is 6.58. The third-order valence-corrected chi connectivity index (χ3v) is 3.72. The molecule has 0 amide bonds. The molecule has 5 heteroatoms. The Morgan fingerprint density at radius 2 is 1.80 bits per heavy atom. The summed E-state index contributed by atoms with van der Waals surface area (Å²) < 4.78 is 0. The number of nitrogens with one attached hydrogen (secondary N) is 2. The molecule has 2 N–H and O–H groups in total. The predicted octanol–water partition coefficient (Wildman–Crippen LogP) is 3.42. The summed E-state index contributed by atoms with van der Waals surface area (Å²) in [6, 6.07) is 8.75. The highest BCUT2D eigenvalue weighted by Crippen LogP contribution is 2.12. The van der Waals surface area contributed by atoms with Crippen LogP contribution in [-0.4, -0.2) is 31.8 Å². The van der Waals surface area contributed by atoms with Crippen LogP contribution in [0.15, 0.2) is 29.3 Å². The highest BCUT2D eigenvalue weighted by Gasteiger charge is 1.96. The van der Waals surface area contributed by atoms with E-state index in [0.717, 1.165) is 37.0 Å². The Kier molecular flexibility index (Phi) is 12.1. The van der Waals surface area contributed by atoms with Gasteiger partial charge in [-0.3, -0.25) is 4.99 Å². The topological polar surface area (TPSA) is 36.4 Å². The Bertz CT molecular complexity index is 379. The molecule has 0 radical (unpaired) electrons. The van der Waals surface area contributed by atoms with Crippen molar-refractivity contribution in [2.75, 3.05) is 25.9 Å². The molecule has 0 spiro atoms. The van der Waals surface area contributed by atoms with Gasteiger partial charge in [-0.1, -0.05) is 36.8 Å². The molecule has 1 rings (SSSR count). The van der Waals surface area contributed by atoms with Crippen LogP contribution >= 0.6 is 35.7 Å². The fourth-order valence-corrected chi connectivity index (χ4v) is 2.40. The monoisotopic (exact) mass is 407 g/mol. The molecule has 0 saturated carbocycles. The summed E-state index contributed by atoms with van der Waals surface area (Å²) in [5.41, 5.74) is 2.71. The van der Waals surface area contributed by atoms with E-state index in [4.69, 9.17) is 0 Å². The van der Waals surface area contributed by atoms with E-state index in [1.165, 1.54) is 11.1 Å². The molecular formula is C15H26IN3S. The van der Waals surface area contributed by atoms with Crippen molar-refractivity contribution in [1.82, 2.24) is 10.6 Å². The molecule has 0 saturated heterocycles. The normalized spacial score (nSPS) is 10.8. The Morgan fingerprint density at radius 1 is 1.15 bits per heavy atom. The first-order chi connectivity index (χ1) is 9.26. The lowest BCUT2D eigenvalue weighted by molar-refractivity contribution is 0.795. The van der Waals surface area contributed by atoms with Crippen LogP contribution in [0.25, 0.3) is 0 Å². The standard InChI is InChI=1S/C15H25N3S.HI/c1-4-9-17-15(16-3)18-10-11-19-12-14-7-5-13(2)6-8-14;/h5-8H,4,9-12H2,1-3H3,(H2,16,17,18);1H. The van der Waals surface area contributed by atoms with E-state index in [1.807, 2.05) is 18.8 Å². The van der Waals surface area contributed by atoms with E-state index in [0.29, 0.717) is 0 Å². The maximum Gasteiger partial charge on any atom is 0.191 e. The van der Waals surface area contributed by atoms with Crippen molar-refractivity contribution in [2.45, 2.75) is 26.0 Å². The lowest BCUT2D eigenvalue weighted by Crippen LogP contribution is -2.38. The second kappa shape index (κ2) is 12.3. The summed E-state index contributed by atoms with van der Waals surface area (Å²) in [5.74, 6) is 3.06. The van der Waals surface area contributed by atoms with Crippen LogP contribution < -0.4 is 10.6 Å². The minimum Gasteiger partial charge on any atom is -0.356 e. The fourth-order valence-electron chi connectivity index (χ4n) is 1.58. The minimum absolute atomic E-state index is 0. The molecule has 20 heavy (non-hydrogen) atoms. The van der Waals surface area contributed by atoms with Crippen molar-refractivity contribution < 1.29 is 0 Å². The van der Waals surface area contributed by atoms with Crippen molar-refractivity contribution in [3.05, 3.63) is 35.4 Å². The fraction of sp³-hybridized carbons (Fsp3) is 0.533. The summed E-state index contributed by atoms with van der Waals surface area (Å²) in [4.78, 5) is 4.18. The molecule has 3 nitrogen and oxygen atoms in total. The number of benzene rings is 1. The average Bonchev–Trinajstić information content (AvgIpc) is 2.44. The Morgan fingerprint density at radius 3 is 2.40 bits per heavy atom. The third-order valence-electron chi connectivity index (χ3n) is 2.69. The first-order valence-corrected chi connectivity index (χ1v) is 7.99.